The smallest absolute Gasteiger partial charge is 0.347 e. The molecular weight excluding hydrogens is 510 g/mol. The Morgan fingerprint density at radius 3 is 2.43 bits per heavy atom. The van der Waals surface area contributed by atoms with Gasteiger partial charge in [0.1, 0.15) is 22.3 Å². The standard InChI is InChI=1S/C28H37NO6S2/c1-6-11-20-19-21(35-28(4,5)27(30)31)14-15-24(20)34-18-17-29(16-7-2)37(32,33)26-22(8-3)23-12-9-10-13-25(23)36-26/h9-10,12-15,19H,6-8,11,16-18H2,1-5H3,(H,30,31). The Morgan fingerprint density at radius 2 is 1.78 bits per heavy atom. The first kappa shape index (κ1) is 28.9. The van der Waals surface area contributed by atoms with Crippen LogP contribution in [-0.2, 0) is 27.7 Å². The molecule has 0 saturated carbocycles. The van der Waals surface area contributed by atoms with Crippen molar-refractivity contribution in [2.75, 3.05) is 19.7 Å². The number of aliphatic carboxylic acids is 1. The van der Waals surface area contributed by atoms with Crippen LogP contribution in [0.15, 0.2) is 46.7 Å². The molecule has 0 atom stereocenters. The van der Waals surface area contributed by atoms with Crippen LogP contribution in [0, 0.1) is 0 Å². The zero-order valence-corrected chi connectivity index (χ0v) is 23.9. The second-order valence-electron chi connectivity index (χ2n) is 9.41. The Labute approximate surface area is 224 Å². The molecule has 1 aromatic heterocycles. The van der Waals surface area contributed by atoms with Gasteiger partial charge in [-0.05, 0) is 73.9 Å². The number of nitrogens with zero attached hydrogens (tertiary/aromatic N) is 1. The van der Waals surface area contributed by atoms with E-state index < -0.39 is 21.6 Å². The van der Waals surface area contributed by atoms with Gasteiger partial charge in [0.15, 0.2) is 5.60 Å². The highest BCUT2D eigenvalue weighted by Crippen LogP contribution is 2.36. The average molecular weight is 548 g/mol. The van der Waals surface area contributed by atoms with Crippen molar-refractivity contribution in [3.05, 3.63) is 53.6 Å². The van der Waals surface area contributed by atoms with Gasteiger partial charge in [0.2, 0.25) is 0 Å². The van der Waals surface area contributed by atoms with Crippen LogP contribution in [0.3, 0.4) is 0 Å². The third kappa shape index (κ3) is 6.64. The molecule has 3 rings (SSSR count). The number of carboxylic acid groups (broad SMARTS) is 1. The molecular formula is C28H37NO6S2. The predicted molar refractivity (Wildman–Crippen MR) is 149 cm³/mol. The van der Waals surface area contributed by atoms with Gasteiger partial charge in [-0.25, -0.2) is 13.2 Å². The van der Waals surface area contributed by atoms with Crippen molar-refractivity contribution < 1.29 is 27.8 Å². The Bertz CT molecular complexity index is 1330. The SMILES string of the molecule is CCCc1cc(OC(C)(C)C(=O)O)ccc1OCCN(CCC)S(=O)(=O)c1sc2ccccc2c1CC. The fourth-order valence-electron chi connectivity index (χ4n) is 4.16. The van der Waals surface area contributed by atoms with Crippen LogP contribution < -0.4 is 9.47 Å². The molecule has 0 bridgehead atoms. The summed E-state index contributed by atoms with van der Waals surface area (Å²) in [5, 5.41) is 10.4. The number of hydrogen-bond donors (Lipinski definition) is 1. The van der Waals surface area contributed by atoms with Gasteiger partial charge in [-0.1, -0.05) is 45.4 Å². The van der Waals surface area contributed by atoms with E-state index in [1.165, 1.54) is 29.5 Å². The van der Waals surface area contributed by atoms with E-state index in [1.807, 2.05) is 45.0 Å². The highest BCUT2D eigenvalue weighted by Gasteiger charge is 2.30. The number of rotatable bonds is 14. The van der Waals surface area contributed by atoms with Crippen molar-refractivity contribution in [2.45, 2.75) is 70.1 Å². The van der Waals surface area contributed by atoms with Crippen LogP contribution >= 0.6 is 11.3 Å². The molecule has 2 aromatic carbocycles. The lowest BCUT2D eigenvalue weighted by Crippen LogP contribution is -2.37. The number of thiophene rings is 1. The van der Waals surface area contributed by atoms with E-state index in [1.54, 1.807) is 18.2 Å². The quantitative estimate of drug-likeness (QED) is 0.261. The van der Waals surface area contributed by atoms with Crippen LogP contribution in [-0.4, -0.2) is 49.1 Å². The molecule has 1 heterocycles. The number of carbonyl (C=O) groups is 1. The molecule has 0 radical (unpaired) electrons. The highest BCUT2D eigenvalue weighted by molar-refractivity contribution is 7.91. The van der Waals surface area contributed by atoms with Gasteiger partial charge in [0, 0.05) is 17.8 Å². The number of sulfonamides is 1. The summed E-state index contributed by atoms with van der Waals surface area (Å²) in [4.78, 5) is 11.4. The maximum atomic E-state index is 13.7. The summed E-state index contributed by atoms with van der Waals surface area (Å²) in [6.45, 7) is 9.83. The molecule has 0 aliphatic carbocycles. The number of fused-ring (bicyclic) bond motifs is 1. The zero-order chi connectivity index (χ0) is 27.2. The summed E-state index contributed by atoms with van der Waals surface area (Å²) >= 11 is 1.33. The third-order valence-corrected chi connectivity index (χ3v) is 9.75. The maximum absolute atomic E-state index is 13.7. The Balaban J connectivity index is 1.79. The molecule has 0 unspecified atom stereocenters. The topological polar surface area (TPSA) is 93.1 Å². The van der Waals surface area contributed by atoms with Crippen molar-refractivity contribution in [2.24, 2.45) is 0 Å². The summed E-state index contributed by atoms with van der Waals surface area (Å²) in [5.74, 6) is 0.0505. The lowest BCUT2D eigenvalue weighted by Gasteiger charge is -2.23. The van der Waals surface area contributed by atoms with Crippen LogP contribution in [0.25, 0.3) is 10.1 Å². The van der Waals surface area contributed by atoms with Crippen LogP contribution in [0.5, 0.6) is 11.5 Å². The van der Waals surface area contributed by atoms with Gasteiger partial charge in [-0.2, -0.15) is 4.31 Å². The fraction of sp³-hybridized carbons (Fsp3) is 0.464. The van der Waals surface area contributed by atoms with E-state index in [9.17, 15) is 18.3 Å². The monoisotopic (exact) mass is 547 g/mol. The molecule has 7 nitrogen and oxygen atoms in total. The van der Waals surface area contributed by atoms with Gasteiger partial charge in [-0.15, -0.1) is 11.3 Å². The fourth-order valence-corrected chi connectivity index (χ4v) is 7.73. The number of hydrogen-bond acceptors (Lipinski definition) is 6. The summed E-state index contributed by atoms with van der Waals surface area (Å²) < 4.78 is 42.1. The van der Waals surface area contributed by atoms with E-state index in [0.29, 0.717) is 35.1 Å². The van der Waals surface area contributed by atoms with Gasteiger partial charge in [-0.3, -0.25) is 0 Å². The van der Waals surface area contributed by atoms with E-state index in [4.69, 9.17) is 9.47 Å². The van der Waals surface area contributed by atoms with E-state index in [2.05, 4.69) is 0 Å². The molecule has 0 amide bonds. The number of ether oxygens (including phenoxy) is 2. The van der Waals surface area contributed by atoms with Crippen LogP contribution in [0.1, 0.15) is 58.6 Å². The summed E-state index contributed by atoms with van der Waals surface area (Å²) in [6, 6.07) is 13.1. The zero-order valence-electron chi connectivity index (χ0n) is 22.2. The summed E-state index contributed by atoms with van der Waals surface area (Å²) in [6.07, 6.45) is 2.92. The van der Waals surface area contributed by atoms with Gasteiger partial charge >= 0.3 is 5.97 Å². The third-order valence-electron chi connectivity index (χ3n) is 6.10. The second-order valence-corrected chi connectivity index (χ2v) is 12.6. The molecule has 9 heteroatoms. The van der Waals surface area contributed by atoms with Crippen molar-refractivity contribution in [1.82, 2.24) is 4.31 Å². The maximum Gasteiger partial charge on any atom is 0.347 e. The second kappa shape index (κ2) is 12.3. The summed E-state index contributed by atoms with van der Waals surface area (Å²) in [7, 11) is -3.68. The minimum atomic E-state index is -3.68. The van der Waals surface area contributed by atoms with Crippen molar-refractivity contribution in [3.8, 4) is 11.5 Å². The Morgan fingerprint density at radius 1 is 1.05 bits per heavy atom. The molecule has 0 aliphatic heterocycles. The Kier molecular flexibility index (Phi) is 9.61. The highest BCUT2D eigenvalue weighted by atomic mass is 32.2. The van der Waals surface area contributed by atoms with E-state index >= 15 is 0 Å². The first-order chi connectivity index (χ1) is 17.5. The Hall–Kier alpha value is -2.62. The first-order valence-corrected chi connectivity index (χ1v) is 15.0. The van der Waals surface area contributed by atoms with Gasteiger partial charge < -0.3 is 14.6 Å². The molecule has 0 saturated heterocycles. The van der Waals surface area contributed by atoms with E-state index in [0.717, 1.165) is 34.1 Å². The molecule has 3 aromatic rings. The van der Waals surface area contributed by atoms with E-state index in [-0.39, 0.29) is 13.2 Å². The largest absolute Gasteiger partial charge is 0.492 e. The molecule has 1 N–H and O–H groups in total. The number of benzene rings is 2. The number of aryl methyl sites for hydroxylation is 2. The van der Waals surface area contributed by atoms with Gasteiger partial charge in [0.05, 0.1) is 0 Å². The normalized spacial score (nSPS) is 12.3. The average Bonchev–Trinajstić information content (AvgIpc) is 3.24. The minimum Gasteiger partial charge on any atom is -0.492 e. The molecule has 0 aliphatic rings. The summed E-state index contributed by atoms with van der Waals surface area (Å²) in [5.41, 5.74) is 0.404. The van der Waals surface area contributed by atoms with Crippen LogP contribution in [0.2, 0.25) is 0 Å². The lowest BCUT2D eigenvalue weighted by molar-refractivity contribution is -0.152. The molecule has 202 valence electrons. The van der Waals surface area contributed by atoms with Gasteiger partial charge in [0.25, 0.3) is 10.0 Å². The van der Waals surface area contributed by atoms with Crippen molar-refractivity contribution >= 4 is 37.4 Å². The lowest BCUT2D eigenvalue weighted by atomic mass is 10.1. The minimum absolute atomic E-state index is 0.198. The van der Waals surface area contributed by atoms with Crippen molar-refractivity contribution in [1.29, 1.82) is 0 Å². The van der Waals surface area contributed by atoms with Crippen molar-refractivity contribution in [3.63, 3.8) is 0 Å². The first-order valence-electron chi connectivity index (χ1n) is 12.7. The molecule has 0 spiro atoms. The number of carboxylic acids is 1. The molecule has 0 fully saturated rings. The predicted octanol–water partition coefficient (Wildman–Crippen LogP) is 6.14. The van der Waals surface area contributed by atoms with Crippen LogP contribution in [0.4, 0.5) is 0 Å². The molecule has 37 heavy (non-hydrogen) atoms.